The lowest BCUT2D eigenvalue weighted by atomic mass is 10.1. The Morgan fingerprint density at radius 2 is 1.59 bits per heavy atom. The SMILES string of the molecule is Cc1ccc(C)c(OS(=O)(=O)c2ccccc2[N+](=O)[O-])c1C. The van der Waals surface area contributed by atoms with Gasteiger partial charge in [-0.1, -0.05) is 24.3 Å². The standard InChI is InChI=1S/C15H15NO5S/c1-10-8-9-11(2)15(12(10)3)21-22(19,20)14-7-5-4-6-13(14)16(17)18/h4-9H,1-3H3. The molecular formula is C15H15NO5S. The summed E-state index contributed by atoms with van der Waals surface area (Å²) in [5, 5.41) is 11.0. The molecule has 0 bridgehead atoms. The lowest BCUT2D eigenvalue weighted by Crippen LogP contribution is -2.13. The Labute approximate surface area is 128 Å². The molecule has 0 amide bonds. The summed E-state index contributed by atoms with van der Waals surface area (Å²) in [6.07, 6.45) is 0. The highest BCUT2D eigenvalue weighted by atomic mass is 32.2. The van der Waals surface area contributed by atoms with Crippen molar-refractivity contribution >= 4 is 15.8 Å². The fourth-order valence-electron chi connectivity index (χ4n) is 2.03. The number of rotatable bonds is 4. The lowest BCUT2D eigenvalue weighted by molar-refractivity contribution is -0.387. The van der Waals surface area contributed by atoms with Crippen LogP contribution in [0.2, 0.25) is 0 Å². The van der Waals surface area contributed by atoms with Crippen LogP contribution in [0.3, 0.4) is 0 Å². The van der Waals surface area contributed by atoms with Gasteiger partial charge in [0.1, 0.15) is 5.75 Å². The Bertz CT molecular complexity index is 843. The normalized spacial score (nSPS) is 11.2. The number of para-hydroxylation sites is 1. The van der Waals surface area contributed by atoms with Crippen LogP contribution in [-0.4, -0.2) is 13.3 Å². The van der Waals surface area contributed by atoms with Crippen LogP contribution in [0.25, 0.3) is 0 Å². The monoisotopic (exact) mass is 321 g/mol. The van der Waals surface area contributed by atoms with E-state index in [0.717, 1.165) is 17.7 Å². The summed E-state index contributed by atoms with van der Waals surface area (Å²) in [6.45, 7) is 5.29. The van der Waals surface area contributed by atoms with Crippen LogP contribution < -0.4 is 4.18 Å². The van der Waals surface area contributed by atoms with Gasteiger partial charge in [-0.25, -0.2) is 0 Å². The molecule has 22 heavy (non-hydrogen) atoms. The second kappa shape index (κ2) is 5.76. The lowest BCUT2D eigenvalue weighted by Gasteiger charge is -2.13. The van der Waals surface area contributed by atoms with Crippen LogP contribution >= 0.6 is 0 Å². The maximum Gasteiger partial charge on any atom is 0.346 e. The van der Waals surface area contributed by atoms with E-state index in [9.17, 15) is 18.5 Å². The zero-order chi connectivity index (χ0) is 16.5. The minimum Gasteiger partial charge on any atom is -0.378 e. The van der Waals surface area contributed by atoms with E-state index in [-0.39, 0.29) is 5.75 Å². The number of nitro benzene ring substituents is 1. The average molecular weight is 321 g/mol. The van der Waals surface area contributed by atoms with Gasteiger partial charge in [0.15, 0.2) is 4.90 Å². The fraction of sp³-hybridized carbons (Fsp3) is 0.200. The number of benzene rings is 2. The summed E-state index contributed by atoms with van der Waals surface area (Å²) in [7, 11) is -4.29. The third-order valence-corrected chi connectivity index (χ3v) is 4.67. The Hall–Kier alpha value is -2.41. The topological polar surface area (TPSA) is 86.5 Å². The molecule has 0 radical (unpaired) electrons. The van der Waals surface area contributed by atoms with Crippen molar-refractivity contribution in [1.82, 2.24) is 0 Å². The van der Waals surface area contributed by atoms with Crippen molar-refractivity contribution in [2.75, 3.05) is 0 Å². The van der Waals surface area contributed by atoms with E-state index in [1.54, 1.807) is 19.9 Å². The van der Waals surface area contributed by atoms with Crippen molar-refractivity contribution in [3.8, 4) is 5.75 Å². The molecule has 2 aromatic carbocycles. The number of nitro groups is 1. The third-order valence-electron chi connectivity index (χ3n) is 3.40. The van der Waals surface area contributed by atoms with Crippen molar-refractivity contribution in [1.29, 1.82) is 0 Å². The van der Waals surface area contributed by atoms with Crippen LogP contribution in [0.5, 0.6) is 5.75 Å². The fourth-order valence-corrected chi connectivity index (χ4v) is 3.24. The second-order valence-corrected chi connectivity index (χ2v) is 6.43. The minimum atomic E-state index is -4.29. The van der Waals surface area contributed by atoms with Gasteiger partial charge in [0, 0.05) is 6.07 Å². The highest BCUT2D eigenvalue weighted by Gasteiger charge is 2.28. The first-order valence-corrected chi connectivity index (χ1v) is 7.89. The second-order valence-electron chi connectivity index (χ2n) is 4.92. The van der Waals surface area contributed by atoms with E-state index in [1.165, 1.54) is 12.1 Å². The highest BCUT2D eigenvalue weighted by Crippen LogP contribution is 2.31. The Balaban J connectivity index is 2.55. The molecular weight excluding hydrogens is 306 g/mol. The first kappa shape index (κ1) is 16.0. The molecule has 0 unspecified atom stereocenters. The van der Waals surface area contributed by atoms with Crippen LogP contribution in [0, 0.1) is 30.9 Å². The maximum absolute atomic E-state index is 12.4. The van der Waals surface area contributed by atoms with Gasteiger partial charge >= 0.3 is 10.1 Å². The van der Waals surface area contributed by atoms with E-state index in [1.807, 2.05) is 13.0 Å². The zero-order valence-electron chi connectivity index (χ0n) is 12.4. The molecule has 0 saturated heterocycles. The Morgan fingerprint density at radius 1 is 1.00 bits per heavy atom. The molecule has 2 aromatic rings. The van der Waals surface area contributed by atoms with Crippen LogP contribution in [-0.2, 0) is 10.1 Å². The molecule has 116 valence electrons. The summed E-state index contributed by atoms with van der Waals surface area (Å²) in [4.78, 5) is 9.79. The predicted octanol–water partition coefficient (Wildman–Crippen LogP) is 3.29. The maximum atomic E-state index is 12.4. The summed E-state index contributed by atoms with van der Waals surface area (Å²) in [5.41, 5.74) is 1.69. The van der Waals surface area contributed by atoms with Gasteiger partial charge in [-0.3, -0.25) is 10.1 Å². The molecule has 6 nitrogen and oxygen atoms in total. The van der Waals surface area contributed by atoms with Crippen molar-refractivity contribution in [2.24, 2.45) is 0 Å². The van der Waals surface area contributed by atoms with Crippen molar-refractivity contribution in [3.63, 3.8) is 0 Å². The van der Waals surface area contributed by atoms with Crippen molar-refractivity contribution < 1.29 is 17.5 Å². The van der Waals surface area contributed by atoms with Crippen LogP contribution in [0.15, 0.2) is 41.3 Å². The van der Waals surface area contributed by atoms with E-state index < -0.39 is 25.6 Å². The van der Waals surface area contributed by atoms with Gasteiger partial charge in [-0.05, 0) is 43.5 Å². The Morgan fingerprint density at radius 3 is 2.23 bits per heavy atom. The van der Waals surface area contributed by atoms with E-state index in [4.69, 9.17) is 4.18 Å². The molecule has 0 aliphatic carbocycles. The van der Waals surface area contributed by atoms with E-state index >= 15 is 0 Å². The molecule has 0 saturated carbocycles. The molecule has 7 heteroatoms. The quantitative estimate of drug-likeness (QED) is 0.490. The molecule has 2 rings (SSSR count). The van der Waals surface area contributed by atoms with Gasteiger partial charge in [-0.2, -0.15) is 8.42 Å². The van der Waals surface area contributed by atoms with Gasteiger partial charge < -0.3 is 4.18 Å². The third kappa shape index (κ3) is 2.94. The molecule has 0 aliphatic rings. The minimum absolute atomic E-state index is 0.207. The molecule has 0 atom stereocenters. The van der Waals surface area contributed by atoms with Gasteiger partial charge in [0.25, 0.3) is 5.69 Å². The summed E-state index contributed by atoms with van der Waals surface area (Å²) >= 11 is 0. The first-order chi connectivity index (χ1) is 10.2. The van der Waals surface area contributed by atoms with Crippen LogP contribution in [0.1, 0.15) is 16.7 Å². The van der Waals surface area contributed by atoms with E-state index in [0.29, 0.717) is 11.1 Å². The molecule has 0 N–H and O–H groups in total. The largest absolute Gasteiger partial charge is 0.378 e. The van der Waals surface area contributed by atoms with Gasteiger partial charge in [-0.15, -0.1) is 0 Å². The van der Waals surface area contributed by atoms with Crippen molar-refractivity contribution in [3.05, 3.63) is 63.2 Å². The van der Waals surface area contributed by atoms with Crippen molar-refractivity contribution in [2.45, 2.75) is 25.7 Å². The Kier molecular flexibility index (Phi) is 4.18. The average Bonchev–Trinajstić information content (AvgIpc) is 2.47. The molecule has 0 spiro atoms. The summed E-state index contributed by atoms with van der Waals surface area (Å²) < 4.78 is 30.0. The molecule has 0 heterocycles. The molecule has 0 fully saturated rings. The van der Waals surface area contributed by atoms with E-state index in [2.05, 4.69) is 0 Å². The summed E-state index contributed by atoms with van der Waals surface area (Å²) in [5.74, 6) is 0.207. The number of nitrogens with zero attached hydrogens (tertiary/aromatic N) is 1. The number of hydrogen-bond acceptors (Lipinski definition) is 5. The predicted molar refractivity (Wildman–Crippen MR) is 81.6 cm³/mol. The van der Waals surface area contributed by atoms with Crippen LogP contribution in [0.4, 0.5) is 5.69 Å². The zero-order valence-corrected chi connectivity index (χ0v) is 13.2. The number of aryl methyl sites for hydroxylation is 2. The van der Waals surface area contributed by atoms with Gasteiger partial charge in [0.05, 0.1) is 4.92 Å². The molecule has 0 aliphatic heterocycles. The molecule has 0 aromatic heterocycles. The summed E-state index contributed by atoms with van der Waals surface area (Å²) in [6, 6.07) is 8.71. The first-order valence-electron chi connectivity index (χ1n) is 6.49. The highest BCUT2D eigenvalue weighted by molar-refractivity contribution is 7.87. The van der Waals surface area contributed by atoms with Gasteiger partial charge in [0.2, 0.25) is 0 Å². The smallest absolute Gasteiger partial charge is 0.346 e. The number of hydrogen-bond donors (Lipinski definition) is 0.